The second-order valence-corrected chi connectivity index (χ2v) is 4.34. The van der Waals surface area contributed by atoms with Gasteiger partial charge in [-0.05, 0) is 25.1 Å². The third-order valence-electron chi connectivity index (χ3n) is 3.09. The number of hydrogen-bond acceptors (Lipinski definition) is 4. The molecule has 5 heteroatoms. The second-order valence-electron chi connectivity index (χ2n) is 4.34. The number of aryl methyl sites for hydroxylation is 1. The number of anilines is 1. The maximum Gasteiger partial charge on any atom is 0.138 e. The van der Waals surface area contributed by atoms with Crippen molar-refractivity contribution in [3.63, 3.8) is 0 Å². The molecule has 0 aliphatic heterocycles. The number of nitrogens with two attached hydrogens (primary N) is 1. The molecule has 0 fully saturated rings. The highest BCUT2D eigenvalue weighted by atomic mass is 15.1. The Kier molecular flexibility index (Phi) is 2.87. The summed E-state index contributed by atoms with van der Waals surface area (Å²) in [5.41, 5.74) is 7.83. The van der Waals surface area contributed by atoms with Crippen molar-refractivity contribution < 1.29 is 0 Å². The highest BCUT2D eigenvalue weighted by molar-refractivity contribution is 5.75. The lowest BCUT2D eigenvalue weighted by molar-refractivity contribution is 0.722. The van der Waals surface area contributed by atoms with Crippen molar-refractivity contribution in [3.05, 3.63) is 48.2 Å². The molecule has 2 heterocycles. The fourth-order valence-electron chi connectivity index (χ4n) is 2.25. The van der Waals surface area contributed by atoms with Crippen LogP contribution >= 0.6 is 0 Å². The third kappa shape index (κ3) is 2.14. The van der Waals surface area contributed by atoms with Crippen LogP contribution in [0, 0.1) is 0 Å². The van der Waals surface area contributed by atoms with E-state index in [0.717, 1.165) is 23.4 Å². The smallest absolute Gasteiger partial charge is 0.138 e. The standard InChI is InChI=1S/C14H15N5/c1-2-19-11-6-4-3-5-10(11)17-14(19)9-13-16-8-7-12(15)18-13/h3-8H,2,9H2,1H3,(H2,15,16,18). The highest BCUT2D eigenvalue weighted by Crippen LogP contribution is 2.17. The molecule has 0 aliphatic carbocycles. The van der Waals surface area contributed by atoms with Gasteiger partial charge in [0, 0.05) is 12.7 Å². The number of hydrogen-bond donors (Lipinski definition) is 1. The Balaban J connectivity index is 2.05. The van der Waals surface area contributed by atoms with Crippen LogP contribution in [0.25, 0.3) is 11.0 Å². The lowest BCUT2D eigenvalue weighted by atomic mass is 10.3. The molecule has 5 nitrogen and oxygen atoms in total. The van der Waals surface area contributed by atoms with Gasteiger partial charge in [0.05, 0.1) is 17.5 Å². The first-order valence-corrected chi connectivity index (χ1v) is 6.29. The summed E-state index contributed by atoms with van der Waals surface area (Å²) in [4.78, 5) is 13.1. The van der Waals surface area contributed by atoms with E-state index in [1.807, 2.05) is 18.2 Å². The zero-order valence-electron chi connectivity index (χ0n) is 10.7. The van der Waals surface area contributed by atoms with Crippen LogP contribution < -0.4 is 5.73 Å². The van der Waals surface area contributed by atoms with E-state index in [-0.39, 0.29) is 0 Å². The minimum Gasteiger partial charge on any atom is -0.384 e. The van der Waals surface area contributed by atoms with Gasteiger partial charge in [0.2, 0.25) is 0 Å². The number of para-hydroxylation sites is 2. The van der Waals surface area contributed by atoms with Crippen molar-refractivity contribution in [1.29, 1.82) is 0 Å². The van der Waals surface area contributed by atoms with Crippen LogP contribution in [0.3, 0.4) is 0 Å². The predicted molar refractivity (Wildman–Crippen MR) is 74.7 cm³/mol. The Hall–Kier alpha value is -2.43. The molecule has 0 amide bonds. The van der Waals surface area contributed by atoms with E-state index < -0.39 is 0 Å². The maximum atomic E-state index is 5.68. The van der Waals surface area contributed by atoms with Crippen molar-refractivity contribution >= 4 is 16.9 Å². The van der Waals surface area contributed by atoms with Crippen LogP contribution in [0.2, 0.25) is 0 Å². The van der Waals surface area contributed by atoms with E-state index in [1.165, 1.54) is 0 Å². The lowest BCUT2D eigenvalue weighted by Gasteiger charge is -2.05. The van der Waals surface area contributed by atoms with Gasteiger partial charge in [-0.2, -0.15) is 0 Å². The first kappa shape index (κ1) is 11.6. The lowest BCUT2D eigenvalue weighted by Crippen LogP contribution is -2.06. The number of fused-ring (bicyclic) bond motifs is 1. The summed E-state index contributed by atoms with van der Waals surface area (Å²) in [6.45, 7) is 2.98. The van der Waals surface area contributed by atoms with Crippen LogP contribution in [0.4, 0.5) is 5.82 Å². The van der Waals surface area contributed by atoms with Gasteiger partial charge in [-0.3, -0.25) is 0 Å². The van der Waals surface area contributed by atoms with E-state index in [1.54, 1.807) is 12.3 Å². The number of rotatable bonds is 3. The van der Waals surface area contributed by atoms with Crippen LogP contribution in [0.1, 0.15) is 18.6 Å². The highest BCUT2D eigenvalue weighted by Gasteiger charge is 2.10. The molecule has 0 atom stereocenters. The summed E-state index contributed by atoms with van der Waals surface area (Å²) in [5.74, 6) is 2.16. The topological polar surface area (TPSA) is 69.6 Å². The minimum absolute atomic E-state index is 0.490. The Morgan fingerprint density at radius 3 is 2.79 bits per heavy atom. The van der Waals surface area contributed by atoms with Gasteiger partial charge >= 0.3 is 0 Å². The molecule has 0 bridgehead atoms. The maximum absolute atomic E-state index is 5.68. The molecule has 19 heavy (non-hydrogen) atoms. The van der Waals surface area contributed by atoms with Crippen LogP contribution in [-0.4, -0.2) is 19.5 Å². The van der Waals surface area contributed by atoms with Crippen molar-refractivity contribution in [2.75, 3.05) is 5.73 Å². The van der Waals surface area contributed by atoms with E-state index >= 15 is 0 Å². The SMILES string of the molecule is CCn1c(Cc2nccc(N)n2)nc2ccccc21. The van der Waals surface area contributed by atoms with Crippen LogP contribution in [-0.2, 0) is 13.0 Å². The molecule has 0 saturated heterocycles. The van der Waals surface area contributed by atoms with E-state index in [0.29, 0.717) is 18.1 Å². The number of aromatic nitrogens is 4. The van der Waals surface area contributed by atoms with Crippen molar-refractivity contribution in [2.24, 2.45) is 0 Å². The fourth-order valence-corrected chi connectivity index (χ4v) is 2.25. The first-order valence-electron chi connectivity index (χ1n) is 6.29. The Bertz CT molecular complexity index is 717. The molecule has 1 aromatic carbocycles. The summed E-state index contributed by atoms with van der Waals surface area (Å²) in [7, 11) is 0. The Morgan fingerprint density at radius 2 is 2.00 bits per heavy atom. The largest absolute Gasteiger partial charge is 0.384 e. The molecular formula is C14H15N5. The van der Waals surface area contributed by atoms with Crippen LogP contribution in [0.5, 0.6) is 0 Å². The zero-order valence-corrected chi connectivity index (χ0v) is 10.7. The number of imidazole rings is 1. The van der Waals surface area contributed by atoms with Gasteiger partial charge in [-0.1, -0.05) is 12.1 Å². The Labute approximate surface area is 111 Å². The molecule has 0 spiro atoms. The predicted octanol–water partition coefficient (Wildman–Crippen LogP) is 2.02. The summed E-state index contributed by atoms with van der Waals surface area (Å²) in [5, 5.41) is 0. The normalized spacial score (nSPS) is 11.0. The van der Waals surface area contributed by atoms with Crippen LogP contribution in [0.15, 0.2) is 36.5 Å². The summed E-state index contributed by atoms with van der Waals surface area (Å²) < 4.78 is 2.18. The first-order chi connectivity index (χ1) is 9.28. The number of benzene rings is 1. The monoisotopic (exact) mass is 253 g/mol. The van der Waals surface area contributed by atoms with Crippen molar-refractivity contribution in [1.82, 2.24) is 19.5 Å². The van der Waals surface area contributed by atoms with E-state index in [4.69, 9.17) is 5.73 Å². The van der Waals surface area contributed by atoms with E-state index in [9.17, 15) is 0 Å². The Morgan fingerprint density at radius 1 is 1.16 bits per heavy atom. The van der Waals surface area contributed by atoms with Crippen molar-refractivity contribution in [2.45, 2.75) is 19.9 Å². The minimum atomic E-state index is 0.490. The molecule has 3 aromatic rings. The fraction of sp³-hybridized carbons (Fsp3) is 0.214. The average molecular weight is 253 g/mol. The van der Waals surface area contributed by atoms with Crippen molar-refractivity contribution in [3.8, 4) is 0 Å². The van der Waals surface area contributed by atoms with E-state index in [2.05, 4.69) is 32.5 Å². The average Bonchev–Trinajstić information content (AvgIpc) is 2.75. The molecular weight excluding hydrogens is 238 g/mol. The molecule has 0 unspecified atom stereocenters. The van der Waals surface area contributed by atoms with Gasteiger partial charge in [-0.15, -0.1) is 0 Å². The number of nitrogens with zero attached hydrogens (tertiary/aromatic N) is 4. The van der Waals surface area contributed by atoms with Gasteiger partial charge in [-0.25, -0.2) is 15.0 Å². The van der Waals surface area contributed by atoms with Gasteiger partial charge < -0.3 is 10.3 Å². The zero-order chi connectivity index (χ0) is 13.2. The third-order valence-corrected chi connectivity index (χ3v) is 3.09. The molecule has 0 saturated carbocycles. The molecule has 2 aromatic heterocycles. The molecule has 96 valence electrons. The molecule has 0 aliphatic rings. The molecule has 2 N–H and O–H groups in total. The number of nitrogen functional groups attached to an aromatic ring is 1. The second kappa shape index (κ2) is 4.68. The quantitative estimate of drug-likeness (QED) is 0.775. The molecule has 3 rings (SSSR count). The summed E-state index contributed by atoms with van der Waals surface area (Å²) in [6, 6.07) is 9.81. The summed E-state index contributed by atoms with van der Waals surface area (Å²) in [6.07, 6.45) is 2.27. The molecule has 0 radical (unpaired) electrons. The van der Waals surface area contributed by atoms with Gasteiger partial charge in [0.25, 0.3) is 0 Å². The van der Waals surface area contributed by atoms with Gasteiger partial charge in [0.1, 0.15) is 17.5 Å². The summed E-state index contributed by atoms with van der Waals surface area (Å²) >= 11 is 0. The van der Waals surface area contributed by atoms with Gasteiger partial charge in [0.15, 0.2) is 0 Å².